The number of benzene rings is 2. The molecule has 2 aromatic carbocycles. The van der Waals surface area contributed by atoms with Gasteiger partial charge in [0.1, 0.15) is 5.92 Å². The Balaban J connectivity index is 2.24. The van der Waals surface area contributed by atoms with Crippen molar-refractivity contribution in [1.82, 2.24) is 0 Å². The summed E-state index contributed by atoms with van der Waals surface area (Å²) in [6.45, 7) is 0. The van der Waals surface area contributed by atoms with Crippen LogP contribution in [0.15, 0.2) is 60.7 Å². The second-order valence-electron chi connectivity index (χ2n) is 4.50. The summed E-state index contributed by atoms with van der Waals surface area (Å²) < 4.78 is 4.77. The molecule has 0 aliphatic rings. The molecule has 0 aliphatic heterocycles. The molecule has 3 nitrogen and oxygen atoms in total. The predicted octanol–water partition coefficient (Wildman–Crippen LogP) is 2.90. The minimum absolute atomic E-state index is 0.207. The molecule has 0 unspecified atom stereocenters. The van der Waals surface area contributed by atoms with Crippen molar-refractivity contribution in [2.75, 3.05) is 7.11 Å². The van der Waals surface area contributed by atoms with Crippen LogP contribution in [0.1, 0.15) is 15.9 Å². The molecule has 3 heteroatoms. The largest absolute Gasteiger partial charge is 0.468 e. The predicted molar refractivity (Wildman–Crippen MR) is 76.4 cm³/mol. The Morgan fingerprint density at radius 1 is 0.950 bits per heavy atom. The number of carbonyl (C=O) groups excluding carboxylic acids is 2. The lowest BCUT2D eigenvalue weighted by molar-refractivity contribution is -0.143. The first-order valence-electron chi connectivity index (χ1n) is 6.43. The van der Waals surface area contributed by atoms with Gasteiger partial charge in [0.2, 0.25) is 0 Å². The molecule has 0 aromatic heterocycles. The molecule has 0 heterocycles. The Bertz CT molecular complexity index is 576. The highest BCUT2D eigenvalue weighted by Gasteiger charge is 2.28. The number of ketones is 1. The summed E-state index contributed by atoms with van der Waals surface area (Å²) in [5, 5.41) is 0. The van der Waals surface area contributed by atoms with Crippen molar-refractivity contribution in [3.05, 3.63) is 71.8 Å². The number of Topliss-reactive ketones (excluding diaryl/α,β-unsaturated/α-hetero) is 1. The summed E-state index contributed by atoms with van der Waals surface area (Å²) in [6, 6.07) is 18.3. The minimum atomic E-state index is -0.801. The molecule has 0 fully saturated rings. The summed E-state index contributed by atoms with van der Waals surface area (Å²) in [5.41, 5.74) is 1.46. The van der Waals surface area contributed by atoms with Gasteiger partial charge in [-0.15, -0.1) is 0 Å². The molecule has 20 heavy (non-hydrogen) atoms. The Hall–Kier alpha value is -2.42. The zero-order valence-corrected chi connectivity index (χ0v) is 11.3. The van der Waals surface area contributed by atoms with Crippen molar-refractivity contribution in [3.8, 4) is 0 Å². The summed E-state index contributed by atoms with van der Waals surface area (Å²) in [5.74, 6) is -1.51. The number of rotatable bonds is 5. The SMILES string of the molecule is COC(=O)[C@H](Cc1ccccc1)C(=O)c1ccccc1. The number of carbonyl (C=O) groups is 2. The molecule has 0 N–H and O–H groups in total. The quantitative estimate of drug-likeness (QED) is 0.476. The van der Waals surface area contributed by atoms with E-state index in [2.05, 4.69) is 0 Å². The van der Waals surface area contributed by atoms with Gasteiger partial charge in [-0.05, 0) is 12.0 Å². The maximum absolute atomic E-state index is 12.4. The number of hydrogen-bond acceptors (Lipinski definition) is 3. The summed E-state index contributed by atoms with van der Waals surface area (Å²) in [4.78, 5) is 24.3. The van der Waals surface area contributed by atoms with Gasteiger partial charge in [-0.2, -0.15) is 0 Å². The lowest BCUT2D eigenvalue weighted by Crippen LogP contribution is -2.27. The van der Waals surface area contributed by atoms with Gasteiger partial charge in [0.25, 0.3) is 0 Å². The molecule has 102 valence electrons. The fraction of sp³-hybridized carbons (Fsp3) is 0.176. The van der Waals surface area contributed by atoms with Crippen molar-refractivity contribution in [2.24, 2.45) is 5.92 Å². The molecule has 0 bridgehead atoms. The van der Waals surface area contributed by atoms with Gasteiger partial charge in [0.15, 0.2) is 5.78 Å². The van der Waals surface area contributed by atoms with Crippen LogP contribution in [-0.2, 0) is 16.0 Å². The van der Waals surface area contributed by atoms with Crippen LogP contribution < -0.4 is 0 Å². The van der Waals surface area contributed by atoms with Gasteiger partial charge >= 0.3 is 5.97 Å². The molecule has 1 atom stereocenters. The monoisotopic (exact) mass is 268 g/mol. The second-order valence-corrected chi connectivity index (χ2v) is 4.50. The fourth-order valence-electron chi connectivity index (χ4n) is 2.08. The van der Waals surface area contributed by atoms with E-state index in [0.717, 1.165) is 5.56 Å². The number of hydrogen-bond donors (Lipinski definition) is 0. The number of methoxy groups -OCH3 is 1. The van der Waals surface area contributed by atoms with Crippen LogP contribution >= 0.6 is 0 Å². The van der Waals surface area contributed by atoms with Crippen LogP contribution in [0.25, 0.3) is 0 Å². The van der Waals surface area contributed by atoms with Gasteiger partial charge in [0, 0.05) is 5.56 Å². The molecule has 0 radical (unpaired) electrons. The first-order chi connectivity index (χ1) is 9.72. The van der Waals surface area contributed by atoms with Gasteiger partial charge in [-0.25, -0.2) is 0 Å². The molecule has 0 amide bonds. The lowest BCUT2D eigenvalue weighted by Gasteiger charge is -2.13. The van der Waals surface area contributed by atoms with Crippen molar-refractivity contribution in [1.29, 1.82) is 0 Å². The molecule has 0 aliphatic carbocycles. The molecule has 0 saturated carbocycles. The molecule has 0 saturated heterocycles. The van der Waals surface area contributed by atoms with Crippen LogP contribution in [0.4, 0.5) is 0 Å². The maximum Gasteiger partial charge on any atom is 0.316 e. The van der Waals surface area contributed by atoms with E-state index in [1.54, 1.807) is 24.3 Å². The van der Waals surface area contributed by atoms with E-state index in [0.29, 0.717) is 12.0 Å². The first kappa shape index (κ1) is 14.0. The normalized spacial score (nSPS) is 11.7. The van der Waals surface area contributed by atoms with Gasteiger partial charge in [0.05, 0.1) is 7.11 Å². The molecular formula is C17H16O3. The van der Waals surface area contributed by atoms with Gasteiger partial charge < -0.3 is 4.74 Å². The summed E-state index contributed by atoms with van der Waals surface area (Å²) in [6.07, 6.45) is 0.348. The minimum Gasteiger partial charge on any atom is -0.468 e. The van der Waals surface area contributed by atoms with Crippen molar-refractivity contribution >= 4 is 11.8 Å². The van der Waals surface area contributed by atoms with Crippen molar-refractivity contribution in [2.45, 2.75) is 6.42 Å². The Morgan fingerprint density at radius 3 is 2.05 bits per heavy atom. The third-order valence-corrected chi connectivity index (χ3v) is 3.14. The third kappa shape index (κ3) is 3.32. The van der Waals surface area contributed by atoms with Crippen LogP contribution in [0.5, 0.6) is 0 Å². The topological polar surface area (TPSA) is 43.4 Å². The van der Waals surface area contributed by atoms with E-state index in [4.69, 9.17) is 4.74 Å². The Morgan fingerprint density at radius 2 is 1.50 bits per heavy atom. The lowest BCUT2D eigenvalue weighted by atomic mass is 9.91. The summed E-state index contributed by atoms with van der Waals surface area (Å²) in [7, 11) is 1.30. The van der Waals surface area contributed by atoms with Crippen LogP contribution in [0.2, 0.25) is 0 Å². The fourth-order valence-corrected chi connectivity index (χ4v) is 2.08. The van der Waals surface area contributed by atoms with Crippen LogP contribution in [0, 0.1) is 5.92 Å². The number of ether oxygens (including phenoxy) is 1. The van der Waals surface area contributed by atoms with Gasteiger partial charge in [-0.3, -0.25) is 9.59 Å². The first-order valence-corrected chi connectivity index (χ1v) is 6.43. The van der Waals surface area contributed by atoms with E-state index in [1.165, 1.54) is 7.11 Å². The zero-order chi connectivity index (χ0) is 14.4. The molecule has 2 aromatic rings. The van der Waals surface area contributed by atoms with Gasteiger partial charge in [-0.1, -0.05) is 60.7 Å². The van der Waals surface area contributed by atoms with Crippen LogP contribution in [-0.4, -0.2) is 18.9 Å². The van der Waals surface area contributed by atoms with E-state index >= 15 is 0 Å². The van der Waals surface area contributed by atoms with Crippen LogP contribution in [0.3, 0.4) is 0 Å². The standard InChI is InChI=1S/C17H16O3/c1-20-17(19)15(12-13-8-4-2-5-9-13)16(18)14-10-6-3-7-11-14/h2-11,15H,12H2,1H3/t15-/m1/s1. The Labute approximate surface area is 118 Å². The highest BCUT2D eigenvalue weighted by Crippen LogP contribution is 2.16. The third-order valence-electron chi connectivity index (χ3n) is 3.14. The highest BCUT2D eigenvalue weighted by molar-refractivity contribution is 6.08. The summed E-state index contributed by atoms with van der Waals surface area (Å²) >= 11 is 0. The maximum atomic E-state index is 12.4. The molecule has 2 rings (SSSR count). The van der Waals surface area contributed by atoms with Crippen molar-refractivity contribution < 1.29 is 14.3 Å². The van der Waals surface area contributed by atoms with E-state index < -0.39 is 11.9 Å². The smallest absolute Gasteiger partial charge is 0.316 e. The average Bonchev–Trinajstić information content (AvgIpc) is 2.53. The van der Waals surface area contributed by atoms with E-state index in [1.807, 2.05) is 36.4 Å². The zero-order valence-electron chi connectivity index (χ0n) is 11.3. The molecule has 0 spiro atoms. The number of esters is 1. The van der Waals surface area contributed by atoms with E-state index in [-0.39, 0.29) is 5.78 Å². The average molecular weight is 268 g/mol. The molecular weight excluding hydrogens is 252 g/mol. The van der Waals surface area contributed by atoms with Crippen molar-refractivity contribution in [3.63, 3.8) is 0 Å². The highest BCUT2D eigenvalue weighted by atomic mass is 16.5. The van der Waals surface area contributed by atoms with E-state index in [9.17, 15) is 9.59 Å². The second kappa shape index (κ2) is 6.66. The Kier molecular flexibility index (Phi) is 4.66.